The molecular formula is C16H21NO3S. The van der Waals surface area contributed by atoms with Crippen LogP contribution in [0.1, 0.15) is 30.2 Å². The first-order chi connectivity index (χ1) is 10.2. The second kappa shape index (κ2) is 7.60. The highest BCUT2D eigenvalue weighted by Crippen LogP contribution is 2.26. The van der Waals surface area contributed by atoms with Gasteiger partial charge in [0, 0.05) is 29.5 Å². The lowest BCUT2D eigenvalue weighted by molar-refractivity contribution is -0.136. The molecule has 2 atom stereocenters. The monoisotopic (exact) mass is 307 g/mol. The Morgan fingerprint density at radius 2 is 2.43 bits per heavy atom. The van der Waals surface area contributed by atoms with Crippen molar-refractivity contribution >= 4 is 17.2 Å². The van der Waals surface area contributed by atoms with Crippen LogP contribution in [0.15, 0.2) is 11.4 Å². The van der Waals surface area contributed by atoms with Crippen LogP contribution in [0.2, 0.25) is 0 Å². The second-order valence-corrected chi connectivity index (χ2v) is 6.16. The number of carbonyl (C=O) groups excluding carboxylic acids is 1. The van der Waals surface area contributed by atoms with Crippen LogP contribution < -0.4 is 0 Å². The van der Waals surface area contributed by atoms with Crippen molar-refractivity contribution in [2.45, 2.75) is 32.4 Å². The maximum Gasteiger partial charge on any atom is 0.228 e. The van der Waals surface area contributed by atoms with Gasteiger partial charge in [0.15, 0.2) is 0 Å². The third-order valence-electron chi connectivity index (χ3n) is 3.66. The van der Waals surface area contributed by atoms with E-state index in [-0.39, 0.29) is 24.5 Å². The molecule has 21 heavy (non-hydrogen) atoms. The molecule has 2 heterocycles. The van der Waals surface area contributed by atoms with Crippen LogP contribution in [0.5, 0.6) is 0 Å². The van der Waals surface area contributed by atoms with Gasteiger partial charge in [-0.1, -0.05) is 18.8 Å². The predicted molar refractivity (Wildman–Crippen MR) is 82.9 cm³/mol. The first kappa shape index (κ1) is 16.0. The van der Waals surface area contributed by atoms with Gasteiger partial charge < -0.3 is 14.7 Å². The Labute approximate surface area is 129 Å². The highest BCUT2D eigenvalue weighted by Gasteiger charge is 2.34. The summed E-state index contributed by atoms with van der Waals surface area (Å²) >= 11 is 1.59. The molecule has 0 spiro atoms. The van der Waals surface area contributed by atoms with E-state index in [0.29, 0.717) is 13.2 Å². The van der Waals surface area contributed by atoms with E-state index in [2.05, 4.69) is 18.8 Å². The first-order valence-corrected chi connectivity index (χ1v) is 8.07. The number of amides is 1. The van der Waals surface area contributed by atoms with Crippen LogP contribution in [-0.2, 0) is 16.1 Å². The lowest BCUT2D eigenvalue weighted by atomic mass is 9.98. The summed E-state index contributed by atoms with van der Waals surface area (Å²) in [5.74, 6) is 5.66. The molecule has 0 bridgehead atoms. The molecule has 1 aliphatic rings. The average Bonchev–Trinajstić information content (AvgIpc) is 3.12. The fourth-order valence-electron chi connectivity index (χ4n) is 2.60. The number of aliphatic hydroxyl groups is 1. The van der Waals surface area contributed by atoms with Gasteiger partial charge in [-0.2, -0.15) is 0 Å². The van der Waals surface area contributed by atoms with E-state index < -0.39 is 0 Å². The minimum atomic E-state index is -0.135. The molecule has 4 nitrogen and oxygen atoms in total. The van der Waals surface area contributed by atoms with E-state index >= 15 is 0 Å². The molecule has 1 fully saturated rings. The van der Waals surface area contributed by atoms with E-state index in [1.54, 1.807) is 16.2 Å². The summed E-state index contributed by atoms with van der Waals surface area (Å²) in [5.41, 5.74) is 0.889. The summed E-state index contributed by atoms with van der Waals surface area (Å²) in [7, 11) is 1.84. The van der Waals surface area contributed by atoms with Gasteiger partial charge in [-0.15, -0.1) is 11.3 Å². The van der Waals surface area contributed by atoms with Crippen molar-refractivity contribution in [1.82, 2.24) is 4.90 Å². The molecule has 1 saturated heterocycles. The van der Waals surface area contributed by atoms with Gasteiger partial charge in [-0.25, -0.2) is 0 Å². The molecule has 1 aromatic rings. The van der Waals surface area contributed by atoms with E-state index in [1.807, 2.05) is 18.5 Å². The van der Waals surface area contributed by atoms with Gasteiger partial charge in [0.1, 0.15) is 6.61 Å². The van der Waals surface area contributed by atoms with Crippen LogP contribution in [0.25, 0.3) is 0 Å². The zero-order valence-corrected chi connectivity index (χ0v) is 13.3. The molecule has 0 aromatic carbocycles. The highest BCUT2D eigenvalue weighted by molar-refractivity contribution is 7.10. The van der Waals surface area contributed by atoms with E-state index in [1.165, 1.54) is 0 Å². The fraction of sp³-hybridized carbons (Fsp3) is 0.562. The molecule has 1 aliphatic heterocycles. The van der Waals surface area contributed by atoms with Gasteiger partial charge in [-0.05, 0) is 18.9 Å². The Hall–Kier alpha value is -1.35. The summed E-state index contributed by atoms with van der Waals surface area (Å²) in [6, 6.07) is 1.97. The summed E-state index contributed by atoms with van der Waals surface area (Å²) < 4.78 is 5.60. The third kappa shape index (κ3) is 4.07. The number of hydrogen-bond acceptors (Lipinski definition) is 4. The van der Waals surface area contributed by atoms with Crippen molar-refractivity contribution in [3.63, 3.8) is 0 Å². The number of ether oxygens (including phenoxy) is 1. The summed E-state index contributed by atoms with van der Waals surface area (Å²) in [4.78, 5) is 15.4. The molecule has 1 N–H and O–H groups in total. The molecular weight excluding hydrogens is 286 g/mol. The van der Waals surface area contributed by atoms with Crippen molar-refractivity contribution in [2.24, 2.45) is 5.92 Å². The lowest BCUT2D eigenvalue weighted by Crippen LogP contribution is -2.36. The van der Waals surface area contributed by atoms with E-state index in [0.717, 1.165) is 23.3 Å². The smallest absolute Gasteiger partial charge is 0.228 e. The van der Waals surface area contributed by atoms with Crippen LogP contribution >= 0.6 is 11.3 Å². The minimum absolute atomic E-state index is 0.00591. The van der Waals surface area contributed by atoms with Gasteiger partial charge in [0.05, 0.1) is 18.6 Å². The Morgan fingerprint density at radius 1 is 1.62 bits per heavy atom. The molecule has 0 saturated carbocycles. The normalized spacial score (nSPS) is 20.9. The molecule has 114 valence electrons. The van der Waals surface area contributed by atoms with Gasteiger partial charge in [0.2, 0.25) is 5.91 Å². The Bertz CT molecular complexity index is 543. The van der Waals surface area contributed by atoms with Gasteiger partial charge in [0.25, 0.3) is 0 Å². The van der Waals surface area contributed by atoms with Crippen molar-refractivity contribution in [3.8, 4) is 11.8 Å². The van der Waals surface area contributed by atoms with E-state index in [9.17, 15) is 4.79 Å². The summed E-state index contributed by atoms with van der Waals surface area (Å²) in [6.07, 6.45) is 1.76. The number of thiophene rings is 1. The topological polar surface area (TPSA) is 49.8 Å². The zero-order chi connectivity index (χ0) is 15.2. The molecule has 1 aromatic heterocycles. The second-order valence-electron chi connectivity index (χ2n) is 5.17. The molecule has 1 amide bonds. The SMILES string of the molecule is CCC1OCCC1C(=O)N(C)Cc1cc(C#CCO)cs1. The van der Waals surface area contributed by atoms with Crippen molar-refractivity contribution < 1.29 is 14.6 Å². The van der Waals surface area contributed by atoms with Crippen LogP contribution in [0, 0.1) is 17.8 Å². The number of carbonyl (C=O) groups is 1. The first-order valence-electron chi connectivity index (χ1n) is 7.19. The number of hydrogen-bond donors (Lipinski definition) is 1. The summed E-state index contributed by atoms with van der Waals surface area (Å²) in [5, 5.41) is 10.6. The third-order valence-corrected chi connectivity index (χ3v) is 4.59. The molecule has 0 radical (unpaired) electrons. The largest absolute Gasteiger partial charge is 0.384 e. The Morgan fingerprint density at radius 3 is 3.14 bits per heavy atom. The predicted octanol–water partition coefficient (Wildman–Crippen LogP) is 1.87. The number of rotatable bonds is 4. The number of nitrogens with zero attached hydrogens (tertiary/aromatic N) is 1. The maximum absolute atomic E-state index is 12.5. The fourth-order valence-corrected chi connectivity index (χ4v) is 3.47. The Kier molecular flexibility index (Phi) is 5.80. The molecule has 0 aliphatic carbocycles. The highest BCUT2D eigenvalue weighted by atomic mass is 32.1. The molecule has 2 unspecified atom stereocenters. The van der Waals surface area contributed by atoms with Crippen molar-refractivity contribution in [3.05, 3.63) is 21.9 Å². The van der Waals surface area contributed by atoms with Gasteiger partial charge >= 0.3 is 0 Å². The van der Waals surface area contributed by atoms with Gasteiger partial charge in [-0.3, -0.25) is 4.79 Å². The van der Waals surface area contributed by atoms with E-state index in [4.69, 9.17) is 9.84 Å². The molecule has 2 rings (SSSR count). The average molecular weight is 307 g/mol. The van der Waals surface area contributed by atoms with Crippen molar-refractivity contribution in [1.29, 1.82) is 0 Å². The standard InChI is InChI=1S/C16H21NO3S/c1-3-15-14(6-8-20-15)16(19)17(2)10-13-9-12(11-21-13)5-4-7-18/h9,11,14-15,18H,3,6-8,10H2,1-2H3. The van der Waals surface area contributed by atoms with Crippen molar-refractivity contribution in [2.75, 3.05) is 20.3 Å². The van der Waals surface area contributed by atoms with Crippen LogP contribution in [0.3, 0.4) is 0 Å². The molecule has 5 heteroatoms. The van der Waals surface area contributed by atoms with Crippen LogP contribution in [0.4, 0.5) is 0 Å². The maximum atomic E-state index is 12.5. The summed E-state index contributed by atoms with van der Waals surface area (Å²) in [6.45, 7) is 3.20. The quantitative estimate of drug-likeness (QED) is 0.864. The lowest BCUT2D eigenvalue weighted by Gasteiger charge is -2.23. The number of aliphatic hydroxyl groups excluding tert-OH is 1. The zero-order valence-electron chi connectivity index (χ0n) is 12.5. The van der Waals surface area contributed by atoms with Crippen LogP contribution in [-0.4, -0.2) is 42.3 Å². The minimum Gasteiger partial charge on any atom is -0.384 e. The Balaban J connectivity index is 1.95.